The monoisotopic (exact) mass is 166 g/mol. The van der Waals surface area contributed by atoms with Gasteiger partial charge in [0.25, 0.3) is 0 Å². The zero-order valence-electron chi connectivity index (χ0n) is 6.60. The minimum absolute atomic E-state index is 0.0275. The molecule has 0 unspecified atom stereocenters. The second-order valence-corrected chi connectivity index (χ2v) is 3.09. The number of carbonyl (C=O) groups is 1. The van der Waals surface area contributed by atoms with Gasteiger partial charge in [0.05, 0.1) is 18.2 Å². The van der Waals surface area contributed by atoms with E-state index in [-0.39, 0.29) is 6.42 Å². The molecular weight excluding hydrogens is 156 g/mol. The largest absolute Gasteiger partial charge is 0.481 e. The third-order valence-electron chi connectivity index (χ3n) is 1.92. The standard InChI is InChI=1S/C8H10N2O2/c11-8(12)5-6-3-4-10(9-6)7-1-2-7/h3-4,7H,1-2,5H2,(H,11,12). The highest BCUT2D eigenvalue weighted by Gasteiger charge is 2.24. The molecule has 0 amide bonds. The Hall–Kier alpha value is -1.32. The van der Waals surface area contributed by atoms with Crippen LogP contribution in [0.1, 0.15) is 24.6 Å². The van der Waals surface area contributed by atoms with Crippen LogP contribution in [0.3, 0.4) is 0 Å². The summed E-state index contributed by atoms with van der Waals surface area (Å²) < 4.78 is 1.86. The van der Waals surface area contributed by atoms with Crippen LogP contribution in [0.4, 0.5) is 0 Å². The number of aromatic nitrogens is 2. The van der Waals surface area contributed by atoms with E-state index >= 15 is 0 Å². The fourth-order valence-electron chi connectivity index (χ4n) is 1.17. The Bertz CT molecular complexity index is 302. The molecule has 0 saturated heterocycles. The zero-order valence-corrected chi connectivity index (χ0v) is 6.60. The third kappa shape index (κ3) is 1.47. The van der Waals surface area contributed by atoms with Crippen LogP contribution in [0, 0.1) is 0 Å². The molecule has 0 atom stereocenters. The van der Waals surface area contributed by atoms with Crippen molar-refractivity contribution in [2.45, 2.75) is 25.3 Å². The summed E-state index contributed by atoms with van der Waals surface area (Å²) in [7, 11) is 0. The van der Waals surface area contributed by atoms with Gasteiger partial charge in [-0.15, -0.1) is 0 Å². The average molecular weight is 166 g/mol. The van der Waals surface area contributed by atoms with E-state index in [4.69, 9.17) is 5.11 Å². The van der Waals surface area contributed by atoms with E-state index in [1.54, 1.807) is 6.07 Å². The van der Waals surface area contributed by atoms with Crippen molar-refractivity contribution in [3.05, 3.63) is 18.0 Å². The molecule has 0 radical (unpaired) electrons. The molecule has 64 valence electrons. The lowest BCUT2D eigenvalue weighted by atomic mass is 10.3. The number of hydrogen-bond acceptors (Lipinski definition) is 2. The van der Waals surface area contributed by atoms with Crippen molar-refractivity contribution in [1.82, 2.24) is 9.78 Å². The van der Waals surface area contributed by atoms with Crippen molar-refractivity contribution in [1.29, 1.82) is 0 Å². The molecule has 1 N–H and O–H groups in total. The van der Waals surface area contributed by atoms with E-state index in [1.165, 1.54) is 12.8 Å². The molecule has 4 heteroatoms. The Morgan fingerprint density at radius 2 is 2.50 bits per heavy atom. The Kier molecular flexibility index (Phi) is 1.60. The van der Waals surface area contributed by atoms with Crippen molar-refractivity contribution < 1.29 is 9.90 Å². The van der Waals surface area contributed by atoms with Crippen LogP contribution < -0.4 is 0 Å². The lowest BCUT2D eigenvalue weighted by Crippen LogP contribution is -2.02. The quantitative estimate of drug-likeness (QED) is 0.724. The minimum Gasteiger partial charge on any atom is -0.481 e. The van der Waals surface area contributed by atoms with Gasteiger partial charge in [0.2, 0.25) is 0 Å². The van der Waals surface area contributed by atoms with E-state index in [2.05, 4.69) is 5.10 Å². The first-order chi connectivity index (χ1) is 5.75. The maximum Gasteiger partial charge on any atom is 0.309 e. The van der Waals surface area contributed by atoms with Crippen LogP contribution in [0.5, 0.6) is 0 Å². The van der Waals surface area contributed by atoms with Gasteiger partial charge in [0, 0.05) is 6.20 Å². The molecular formula is C8H10N2O2. The van der Waals surface area contributed by atoms with Gasteiger partial charge in [-0.2, -0.15) is 5.10 Å². The second-order valence-electron chi connectivity index (χ2n) is 3.09. The van der Waals surface area contributed by atoms with E-state index in [0.29, 0.717) is 11.7 Å². The van der Waals surface area contributed by atoms with Gasteiger partial charge in [-0.25, -0.2) is 0 Å². The fraction of sp³-hybridized carbons (Fsp3) is 0.500. The molecule has 4 nitrogen and oxygen atoms in total. The van der Waals surface area contributed by atoms with Gasteiger partial charge >= 0.3 is 5.97 Å². The highest BCUT2D eigenvalue weighted by molar-refractivity contribution is 5.69. The summed E-state index contributed by atoms with van der Waals surface area (Å²) in [6.07, 6.45) is 4.23. The SMILES string of the molecule is O=C(O)Cc1ccn(C2CC2)n1. The number of carboxylic acid groups (broad SMARTS) is 1. The van der Waals surface area contributed by atoms with Gasteiger partial charge in [-0.1, -0.05) is 0 Å². The molecule has 1 aromatic heterocycles. The van der Waals surface area contributed by atoms with E-state index < -0.39 is 5.97 Å². The molecule has 1 heterocycles. The molecule has 1 aliphatic rings. The lowest BCUT2D eigenvalue weighted by Gasteiger charge is -1.93. The molecule has 0 bridgehead atoms. The van der Waals surface area contributed by atoms with E-state index in [0.717, 1.165) is 0 Å². The number of rotatable bonds is 3. The molecule has 0 spiro atoms. The fourth-order valence-corrected chi connectivity index (χ4v) is 1.17. The zero-order chi connectivity index (χ0) is 8.55. The number of hydrogen-bond donors (Lipinski definition) is 1. The summed E-state index contributed by atoms with van der Waals surface area (Å²) in [6, 6.07) is 2.31. The lowest BCUT2D eigenvalue weighted by molar-refractivity contribution is -0.136. The van der Waals surface area contributed by atoms with Crippen LogP contribution in [-0.4, -0.2) is 20.9 Å². The molecule has 0 aliphatic heterocycles. The smallest absolute Gasteiger partial charge is 0.309 e. The predicted octanol–water partition coefficient (Wildman–Crippen LogP) is 0.845. The van der Waals surface area contributed by atoms with Gasteiger partial charge < -0.3 is 5.11 Å². The molecule has 1 saturated carbocycles. The first-order valence-corrected chi connectivity index (χ1v) is 4.01. The number of aliphatic carboxylic acids is 1. The highest BCUT2D eigenvalue weighted by Crippen LogP contribution is 2.33. The maximum atomic E-state index is 10.3. The summed E-state index contributed by atoms with van der Waals surface area (Å²) in [4.78, 5) is 10.3. The molecule has 1 fully saturated rings. The maximum absolute atomic E-state index is 10.3. The van der Waals surface area contributed by atoms with Crippen molar-refractivity contribution in [3.63, 3.8) is 0 Å². The highest BCUT2D eigenvalue weighted by atomic mass is 16.4. The summed E-state index contributed by atoms with van der Waals surface area (Å²) in [5.74, 6) is -0.823. The van der Waals surface area contributed by atoms with Gasteiger partial charge in [0.1, 0.15) is 0 Å². The summed E-state index contributed by atoms with van der Waals surface area (Å²) in [5.41, 5.74) is 0.648. The van der Waals surface area contributed by atoms with Crippen molar-refractivity contribution in [2.24, 2.45) is 0 Å². The molecule has 1 aliphatic carbocycles. The predicted molar refractivity (Wildman–Crippen MR) is 41.8 cm³/mol. The first-order valence-electron chi connectivity index (χ1n) is 4.01. The van der Waals surface area contributed by atoms with Crippen molar-refractivity contribution >= 4 is 5.97 Å². The number of carboxylic acids is 1. The Balaban J connectivity index is 2.07. The van der Waals surface area contributed by atoms with Crippen LogP contribution in [0.15, 0.2) is 12.3 Å². The number of nitrogens with zero attached hydrogens (tertiary/aromatic N) is 2. The summed E-state index contributed by atoms with van der Waals surface area (Å²) >= 11 is 0. The Morgan fingerprint density at radius 3 is 3.08 bits per heavy atom. The average Bonchev–Trinajstić information content (AvgIpc) is 2.73. The van der Waals surface area contributed by atoms with Crippen molar-refractivity contribution in [3.8, 4) is 0 Å². The molecule has 1 aromatic rings. The normalized spacial score (nSPS) is 16.3. The molecule has 12 heavy (non-hydrogen) atoms. The molecule has 2 rings (SSSR count). The van der Waals surface area contributed by atoms with E-state index in [9.17, 15) is 4.79 Å². The van der Waals surface area contributed by atoms with E-state index in [1.807, 2.05) is 10.9 Å². The van der Waals surface area contributed by atoms with Crippen LogP contribution in [0.25, 0.3) is 0 Å². The van der Waals surface area contributed by atoms with Gasteiger partial charge in [0.15, 0.2) is 0 Å². The Labute approximate surface area is 69.8 Å². The summed E-state index contributed by atoms with van der Waals surface area (Å²) in [5, 5.41) is 12.6. The third-order valence-corrected chi connectivity index (χ3v) is 1.92. The minimum atomic E-state index is -0.823. The topological polar surface area (TPSA) is 55.1 Å². The second kappa shape index (κ2) is 2.62. The first kappa shape index (κ1) is 7.34. The summed E-state index contributed by atoms with van der Waals surface area (Å²) in [6.45, 7) is 0. The molecule has 0 aromatic carbocycles. The van der Waals surface area contributed by atoms with Gasteiger partial charge in [-0.05, 0) is 18.9 Å². The van der Waals surface area contributed by atoms with Crippen LogP contribution in [-0.2, 0) is 11.2 Å². The van der Waals surface area contributed by atoms with Gasteiger partial charge in [-0.3, -0.25) is 9.48 Å². The van der Waals surface area contributed by atoms with Crippen LogP contribution in [0.2, 0.25) is 0 Å². The van der Waals surface area contributed by atoms with Crippen molar-refractivity contribution in [2.75, 3.05) is 0 Å². The van der Waals surface area contributed by atoms with Crippen LogP contribution >= 0.6 is 0 Å². The Morgan fingerprint density at radius 1 is 1.75 bits per heavy atom.